The van der Waals surface area contributed by atoms with Crippen molar-refractivity contribution >= 4 is 28.3 Å². The minimum atomic E-state index is -0.485. The first kappa shape index (κ1) is 20.9. The third-order valence-corrected chi connectivity index (χ3v) is 4.90. The van der Waals surface area contributed by atoms with Crippen LogP contribution in [0.15, 0.2) is 78.0 Å². The zero-order chi connectivity index (χ0) is 22.7. The van der Waals surface area contributed by atoms with E-state index in [1.54, 1.807) is 18.2 Å². The molecule has 0 aliphatic rings. The monoisotopic (exact) mass is 431 g/mol. The zero-order valence-corrected chi connectivity index (χ0v) is 17.0. The van der Waals surface area contributed by atoms with Crippen molar-refractivity contribution in [3.05, 3.63) is 100 Å². The van der Waals surface area contributed by atoms with Gasteiger partial charge < -0.3 is 14.6 Å². The van der Waals surface area contributed by atoms with Crippen LogP contribution in [-0.2, 0) is 11.3 Å². The van der Waals surface area contributed by atoms with Crippen molar-refractivity contribution in [2.45, 2.75) is 6.54 Å². The molecule has 2 aromatic carbocycles. The molecule has 0 radical (unpaired) electrons. The molecule has 2 heterocycles. The van der Waals surface area contributed by atoms with Crippen molar-refractivity contribution in [3.8, 4) is 5.75 Å². The molecule has 1 amide bonds. The Hall–Kier alpha value is -4.33. The number of carbonyl (C=O) groups excluding carboxylic acids is 2. The van der Waals surface area contributed by atoms with Gasteiger partial charge in [0.25, 0.3) is 0 Å². The molecular formula is C24H18FN3O4. The normalized spacial score (nSPS) is 10.7. The maximum absolute atomic E-state index is 13.4. The number of fused-ring (bicyclic) bond motifs is 1. The molecule has 2 aromatic heterocycles. The number of amides is 1. The van der Waals surface area contributed by atoms with Gasteiger partial charge in [-0.1, -0.05) is 6.07 Å². The molecule has 0 saturated carbocycles. The number of nitrogens with zero attached hydrogens (tertiary/aromatic N) is 2. The Kier molecular flexibility index (Phi) is 5.76. The number of hydrogen-bond acceptors (Lipinski definition) is 5. The summed E-state index contributed by atoms with van der Waals surface area (Å²) >= 11 is 0. The van der Waals surface area contributed by atoms with E-state index in [-0.39, 0.29) is 17.5 Å². The summed E-state index contributed by atoms with van der Waals surface area (Å²) in [5.41, 5.74) is 0.500. The quantitative estimate of drug-likeness (QED) is 0.473. The molecule has 0 atom stereocenters. The molecule has 4 aromatic rings. The summed E-state index contributed by atoms with van der Waals surface area (Å²) in [5.74, 6) is -0.965. The average Bonchev–Trinajstić information content (AvgIpc) is 2.80. The number of nitrogens with one attached hydrogen (secondary N) is 1. The van der Waals surface area contributed by atoms with E-state index in [1.165, 1.54) is 66.7 Å². The van der Waals surface area contributed by atoms with Crippen LogP contribution in [0.5, 0.6) is 5.75 Å². The van der Waals surface area contributed by atoms with Crippen LogP contribution >= 0.6 is 0 Å². The zero-order valence-electron chi connectivity index (χ0n) is 17.0. The Balaban J connectivity index is 1.78. The smallest absolute Gasteiger partial charge is 0.244 e. The number of carbonyl (C=O) groups is 2. The fourth-order valence-corrected chi connectivity index (χ4v) is 3.38. The van der Waals surface area contributed by atoms with Crippen LogP contribution in [0.1, 0.15) is 15.9 Å². The maximum atomic E-state index is 13.4. The summed E-state index contributed by atoms with van der Waals surface area (Å²) in [6, 6.07) is 13.4. The topological polar surface area (TPSA) is 90.3 Å². The van der Waals surface area contributed by atoms with Gasteiger partial charge in [0.2, 0.25) is 11.3 Å². The van der Waals surface area contributed by atoms with Gasteiger partial charge in [0, 0.05) is 29.8 Å². The molecule has 8 heteroatoms. The summed E-state index contributed by atoms with van der Waals surface area (Å²) in [7, 11) is 1.47. The Morgan fingerprint density at radius 2 is 1.88 bits per heavy atom. The second-order valence-electron chi connectivity index (χ2n) is 7.01. The van der Waals surface area contributed by atoms with E-state index in [1.807, 2.05) is 0 Å². The van der Waals surface area contributed by atoms with Gasteiger partial charge >= 0.3 is 0 Å². The third-order valence-electron chi connectivity index (χ3n) is 4.90. The van der Waals surface area contributed by atoms with E-state index < -0.39 is 22.9 Å². The van der Waals surface area contributed by atoms with Crippen molar-refractivity contribution in [2.24, 2.45) is 0 Å². The number of ether oxygens (including phenoxy) is 1. The highest BCUT2D eigenvalue weighted by molar-refractivity contribution is 6.10. The molecule has 0 saturated heterocycles. The minimum Gasteiger partial charge on any atom is -0.497 e. The van der Waals surface area contributed by atoms with E-state index in [4.69, 9.17) is 4.74 Å². The highest BCUT2D eigenvalue weighted by Crippen LogP contribution is 2.20. The number of benzene rings is 2. The predicted molar refractivity (Wildman–Crippen MR) is 117 cm³/mol. The molecule has 4 rings (SSSR count). The fourth-order valence-electron chi connectivity index (χ4n) is 3.38. The van der Waals surface area contributed by atoms with Crippen LogP contribution in [0.2, 0.25) is 0 Å². The number of hydrogen-bond donors (Lipinski definition) is 1. The predicted octanol–water partition coefficient (Wildman–Crippen LogP) is 3.41. The van der Waals surface area contributed by atoms with Gasteiger partial charge in [0.05, 0.1) is 23.6 Å². The van der Waals surface area contributed by atoms with Gasteiger partial charge in [0.1, 0.15) is 18.1 Å². The molecule has 0 unspecified atom stereocenters. The third kappa shape index (κ3) is 4.24. The second-order valence-corrected chi connectivity index (χ2v) is 7.01. The SMILES string of the molecule is COc1ccc2c(c1)c(=O)c(C(=O)c1ccncc1)cn2CC(=O)Nc1cccc(F)c1. The Morgan fingerprint density at radius 1 is 1.09 bits per heavy atom. The van der Waals surface area contributed by atoms with E-state index in [9.17, 15) is 18.8 Å². The molecule has 160 valence electrons. The van der Waals surface area contributed by atoms with Crippen LogP contribution in [0.4, 0.5) is 10.1 Å². The lowest BCUT2D eigenvalue weighted by Gasteiger charge is -2.14. The largest absolute Gasteiger partial charge is 0.497 e. The number of anilines is 1. The van der Waals surface area contributed by atoms with Crippen molar-refractivity contribution < 1.29 is 18.7 Å². The Morgan fingerprint density at radius 3 is 2.59 bits per heavy atom. The highest BCUT2D eigenvalue weighted by atomic mass is 19.1. The number of methoxy groups -OCH3 is 1. The van der Waals surface area contributed by atoms with E-state index in [2.05, 4.69) is 10.3 Å². The number of ketones is 1. The molecule has 0 bridgehead atoms. The number of pyridine rings is 2. The lowest BCUT2D eigenvalue weighted by molar-refractivity contribution is -0.116. The Bertz CT molecular complexity index is 1380. The first-order valence-corrected chi connectivity index (χ1v) is 9.67. The number of aromatic nitrogens is 2. The van der Waals surface area contributed by atoms with E-state index >= 15 is 0 Å². The van der Waals surface area contributed by atoms with Crippen molar-refractivity contribution in [3.63, 3.8) is 0 Å². The minimum absolute atomic E-state index is 0.0875. The molecule has 0 fully saturated rings. The van der Waals surface area contributed by atoms with Gasteiger partial charge in [-0.05, 0) is 48.5 Å². The summed E-state index contributed by atoms with van der Waals surface area (Å²) in [6.07, 6.45) is 4.29. The van der Waals surface area contributed by atoms with Crippen molar-refractivity contribution in [2.75, 3.05) is 12.4 Å². The van der Waals surface area contributed by atoms with Crippen LogP contribution < -0.4 is 15.5 Å². The van der Waals surface area contributed by atoms with Gasteiger partial charge in [0.15, 0.2) is 5.78 Å². The maximum Gasteiger partial charge on any atom is 0.244 e. The van der Waals surface area contributed by atoms with Gasteiger partial charge in [-0.25, -0.2) is 4.39 Å². The standard InChI is InChI=1S/C24H18FN3O4/c1-32-18-5-6-21-19(12-18)24(31)20(23(30)15-7-9-26-10-8-15)13-28(21)14-22(29)27-17-4-2-3-16(25)11-17/h2-13H,14H2,1H3,(H,27,29). The summed E-state index contributed by atoms with van der Waals surface area (Å²) in [4.78, 5) is 42.7. The Labute approximate surface area is 182 Å². The summed E-state index contributed by atoms with van der Waals surface area (Å²) in [6.45, 7) is -0.198. The molecule has 1 N–H and O–H groups in total. The van der Waals surface area contributed by atoms with Gasteiger partial charge in [-0.2, -0.15) is 0 Å². The number of halogens is 1. The first-order valence-electron chi connectivity index (χ1n) is 9.67. The number of rotatable bonds is 6. The molecular weight excluding hydrogens is 413 g/mol. The average molecular weight is 431 g/mol. The molecule has 7 nitrogen and oxygen atoms in total. The fraction of sp³-hybridized carbons (Fsp3) is 0.0833. The first-order chi connectivity index (χ1) is 15.5. The van der Waals surface area contributed by atoms with E-state index in [0.29, 0.717) is 22.5 Å². The van der Waals surface area contributed by atoms with Crippen molar-refractivity contribution in [1.29, 1.82) is 0 Å². The van der Waals surface area contributed by atoms with Crippen LogP contribution in [0.25, 0.3) is 10.9 Å². The summed E-state index contributed by atoms with van der Waals surface area (Å²) < 4.78 is 20.2. The lowest BCUT2D eigenvalue weighted by Crippen LogP contribution is -2.24. The van der Waals surface area contributed by atoms with Crippen LogP contribution in [0, 0.1) is 5.82 Å². The van der Waals surface area contributed by atoms with E-state index in [0.717, 1.165) is 0 Å². The molecule has 0 aliphatic heterocycles. The van der Waals surface area contributed by atoms with Crippen LogP contribution in [0.3, 0.4) is 0 Å². The van der Waals surface area contributed by atoms with Gasteiger partial charge in [-0.15, -0.1) is 0 Å². The molecule has 32 heavy (non-hydrogen) atoms. The highest BCUT2D eigenvalue weighted by Gasteiger charge is 2.19. The van der Waals surface area contributed by atoms with Gasteiger partial charge in [-0.3, -0.25) is 19.4 Å². The molecule has 0 aliphatic carbocycles. The van der Waals surface area contributed by atoms with Crippen LogP contribution in [-0.4, -0.2) is 28.4 Å². The van der Waals surface area contributed by atoms with Crippen molar-refractivity contribution in [1.82, 2.24) is 9.55 Å². The summed E-state index contributed by atoms with van der Waals surface area (Å²) in [5, 5.41) is 2.86. The second kappa shape index (κ2) is 8.81. The molecule has 0 spiro atoms. The lowest BCUT2D eigenvalue weighted by atomic mass is 10.0.